The van der Waals surface area contributed by atoms with E-state index in [1.54, 1.807) is 6.07 Å². The molecule has 0 saturated heterocycles. The first-order valence-corrected chi connectivity index (χ1v) is 19.9. The molecule has 3 nitrogen and oxygen atoms in total. The van der Waals surface area contributed by atoms with Gasteiger partial charge in [0, 0.05) is 5.41 Å². The normalized spacial score (nSPS) is 13.5. The Hall–Kier alpha value is -2.76. The van der Waals surface area contributed by atoms with E-state index in [1.807, 2.05) is 6.07 Å². The monoisotopic (exact) mass is 646 g/mol. The van der Waals surface area contributed by atoms with Gasteiger partial charge in [-0.15, -0.1) is 0 Å². The Labute approximate surface area is 280 Å². The zero-order chi connectivity index (χ0) is 34.7. The van der Waals surface area contributed by atoms with E-state index < -0.39 is 20.1 Å². The first-order valence-electron chi connectivity index (χ1n) is 17.0. The molecule has 0 heterocycles. The number of rotatable bonds is 12. The molecule has 0 amide bonds. The lowest BCUT2D eigenvalue weighted by atomic mass is 9.69. The van der Waals surface area contributed by atoms with Crippen molar-refractivity contribution in [2.45, 2.75) is 131 Å². The number of aryl methyl sites for hydroxylation is 3. The highest BCUT2D eigenvalue weighted by atomic mass is 28.4. The van der Waals surface area contributed by atoms with Crippen LogP contribution in [0.25, 0.3) is 11.1 Å². The van der Waals surface area contributed by atoms with Crippen molar-refractivity contribution in [1.29, 1.82) is 0 Å². The van der Waals surface area contributed by atoms with Gasteiger partial charge in [0.15, 0.2) is 8.32 Å². The molecule has 1 unspecified atom stereocenters. The predicted molar refractivity (Wildman–Crippen MR) is 195 cm³/mol. The molecule has 0 aliphatic rings. The molecule has 1 atom stereocenters. The van der Waals surface area contributed by atoms with Crippen LogP contribution in [0.15, 0.2) is 54.6 Å². The van der Waals surface area contributed by atoms with Crippen LogP contribution >= 0.6 is 0 Å². The van der Waals surface area contributed by atoms with Crippen LogP contribution in [0.4, 0.5) is 4.39 Å². The topological polar surface area (TPSA) is 35.5 Å². The van der Waals surface area contributed by atoms with Gasteiger partial charge < -0.3 is 9.16 Å². The summed E-state index contributed by atoms with van der Waals surface area (Å²) in [5.41, 5.74) is 8.54. The average Bonchev–Trinajstić information content (AvgIpc) is 2.97. The zero-order valence-electron chi connectivity index (χ0n) is 30.9. The molecule has 0 bridgehead atoms. The Morgan fingerprint density at radius 3 is 1.87 bits per heavy atom. The van der Waals surface area contributed by atoms with E-state index in [2.05, 4.69) is 119 Å². The second kappa shape index (κ2) is 14.6. The Morgan fingerprint density at radius 2 is 1.39 bits per heavy atom. The van der Waals surface area contributed by atoms with Crippen LogP contribution < -0.4 is 0 Å². The van der Waals surface area contributed by atoms with E-state index in [4.69, 9.17) is 9.16 Å². The molecule has 3 aromatic rings. The van der Waals surface area contributed by atoms with Crippen molar-refractivity contribution in [1.82, 2.24) is 0 Å². The molecular weight excluding hydrogens is 588 g/mol. The van der Waals surface area contributed by atoms with Gasteiger partial charge in [0.1, 0.15) is 5.82 Å². The molecule has 0 saturated carbocycles. The second-order valence-corrected chi connectivity index (χ2v) is 20.5. The van der Waals surface area contributed by atoms with E-state index in [0.29, 0.717) is 5.56 Å². The number of methoxy groups -OCH3 is 1. The lowest BCUT2D eigenvalue weighted by Gasteiger charge is -2.43. The zero-order valence-corrected chi connectivity index (χ0v) is 31.9. The lowest BCUT2D eigenvalue weighted by Crippen LogP contribution is -2.47. The summed E-state index contributed by atoms with van der Waals surface area (Å²) in [6.07, 6.45) is 4.09. The number of ether oxygens (including phenoxy) is 1. The smallest absolute Gasteiger partial charge is 0.310 e. The van der Waals surface area contributed by atoms with Crippen LogP contribution in [0, 0.1) is 25.1 Å². The van der Waals surface area contributed by atoms with Crippen LogP contribution in [0.5, 0.6) is 0 Å². The molecule has 3 rings (SSSR count). The Kier molecular flexibility index (Phi) is 11.9. The fourth-order valence-corrected chi connectivity index (χ4v) is 7.90. The summed E-state index contributed by atoms with van der Waals surface area (Å²) in [7, 11) is -0.573. The second-order valence-electron chi connectivity index (χ2n) is 15.8. The first-order chi connectivity index (χ1) is 21.3. The Bertz CT molecular complexity index is 1510. The summed E-state index contributed by atoms with van der Waals surface area (Å²) in [6.45, 7) is 27.5. The Balaban J connectivity index is 1.90. The number of carbonyl (C=O) groups excluding carboxylic acids is 1. The SMILES string of the molecule is CCC(CC)(c1ccc(CCC(O[Si](C)(C)C(C)(C)C)C(C)(C)C)c(C)c1)c1ccc(-c2ccc(CC(=O)OC)c(F)c2)c(C)c1. The van der Waals surface area contributed by atoms with Gasteiger partial charge in [-0.3, -0.25) is 4.79 Å². The maximum atomic E-state index is 14.9. The van der Waals surface area contributed by atoms with Crippen molar-refractivity contribution in [2.75, 3.05) is 7.11 Å². The third-order valence-corrected chi connectivity index (χ3v) is 15.2. The molecule has 0 spiro atoms. The molecule has 252 valence electrons. The van der Waals surface area contributed by atoms with Gasteiger partial charge in [0.2, 0.25) is 0 Å². The van der Waals surface area contributed by atoms with Gasteiger partial charge in [-0.2, -0.15) is 0 Å². The molecule has 0 radical (unpaired) electrons. The van der Waals surface area contributed by atoms with Crippen LogP contribution in [0.3, 0.4) is 0 Å². The number of benzene rings is 3. The maximum Gasteiger partial charge on any atom is 0.310 e. The summed E-state index contributed by atoms with van der Waals surface area (Å²) in [6, 6.07) is 18.8. The summed E-state index contributed by atoms with van der Waals surface area (Å²) in [5.74, 6) is -0.838. The van der Waals surface area contributed by atoms with Crippen molar-refractivity contribution >= 4 is 14.3 Å². The highest BCUT2D eigenvalue weighted by Gasteiger charge is 2.41. The maximum absolute atomic E-state index is 14.9. The quantitative estimate of drug-likeness (QED) is 0.145. The third kappa shape index (κ3) is 8.38. The predicted octanol–water partition coefficient (Wildman–Crippen LogP) is 11.3. The van der Waals surface area contributed by atoms with Crippen molar-refractivity contribution in [2.24, 2.45) is 5.41 Å². The summed E-state index contributed by atoms with van der Waals surface area (Å²) in [5, 5.41) is 0.181. The van der Waals surface area contributed by atoms with E-state index in [1.165, 1.54) is 35.4 Å². The van der Waals surface area contributed by atoms with Gasteiger partial charge in [0.25, 0.3) is 0 Å². The fourth-order valence-electron chi connectivity index (χ4n) is 6.37. The van der Waals surface area contributed by atoms with Crippen molar-refractivity contribution < 1.29 is 18.3 Å². The van der Waals surface area contributed by atoms with Gasteiger partial charge in [-0.05, 0) is 114 Å². The molecule has 5 heteroatoms. The molecular formula is C41H59FO3Si. The van der Waals surface area contributed by atoms with Gasteiger partial charge in [0.05, 0.1) is 19.6 Å². The number of hydrogen-bond donors (Lipinski definition) is 0. The van der Waals surface area contributed by atoms with Gasteiger partial charge >= 0.3 is 5.97 Å². The van der Waals surface area contributed by atoms with Crippen LogP contribution in [0.1, 0.15) is 108 Å². The molecule has 0 aliphatic carbocycles. The minimum atomic E-state index is -1.89. The van der Waals surface area contributed by atoms with Crippen LogP contribution in [-0.4, -0.2) is 27.5 Å². The minimum Gasteiger partial charge on any atom is -0.469 e. The molecule has 3 aromatic carbocycles. The van der Waals surface area contributed by atoms with Crippen LogP contribution in [0.2, 0.25) is 18.1 Å². The Morgan fingerprint density at radius 1 is 0.826 bits per heavy atom. The summed E-state index contributed by atoms with van der Waals surface area (Å²) in [4.78, 5) is 11.7. The van der Waals surface area contributed by atoms with E-state index >= 15 is 0 Å². The van der Waals surface area contributed by atoms with Crippen molar-refractivity contribution in [3.8, 4) is 11.1 Å². The van der Waals surface area contributed by atoms with E-state index in [9.17, 15) is 9.18 Å². The first kappa shape index (κ1) is 37.7. The number of halogens is 1. The molecule has 0 aliphatic heterocycles. The summed E-state index contributed by atoms with van der Waals surface area (Å²) < 4.78 is 26.6. The molecule has 0 N–H and O–H groups in total. The standard InChI is InChI=1S/C41H59FO3Si/c1-14-41(15-2,34-21-22-35(29(4)25-34)31-16-17-32(36(42)26-31)27-38(43)44-11)33-20-18-30(28(3)24-33)19-23-37(39(5,6)7)45-46(12,13)40(8,9)10/h16-18,20-22,24-26,37H,14-15,19,23,27H2,1-13H3. The number of carbonyl (C=O) groups is 1. The van der Waals surface area contributed by atoms with Crippen LogP contribution in [-0.2, 0) is 32.2 Å². The largest absolute Gasteiger partial charge is 0.469 e. The van der Waals surface area contributed by atoms with Crippen molar-refractivity contribution in [3.05, 3.63) is 93.8 Å². The number of esters is 1. The highest BCUT2D eigenvalue weighted by Crippen LogP contribution is 2.43. The fraction of sp³-hybridized carbons (Fsp3) is 0.537. The molecule has 0 aromatic heterocycles. The average molecular weight is 647 g/mol. The van der Waals surface area contributed by atoms with E-state index in [-0.39, 0.29) is 28.4 Å². The van der Waals surface area contributed by atoms with Crippen molar-refractivity contribution in [3.63, 3.8) is 0 Å². The third-order valence-electron chi connectivity index (χ3n) is 10.7. The summed E-state index contributed by atoms with van der Waals surface area (Å²) >= 11 is 0. The molecule has 46 heavy (non-hydrogen) atoms. The minimum absolute atomic E-state index is 0.0732. The lowest BCUT2D eigenvalue weighted by molar-refractivity contribution is -0.139. The van der Waals surface area contributed by atoms with Gasteiger partial charge in [-0.1, -0.05) is 104 Å². The highest BCUT2D eigenvalue weighted by molar-refractivity contribution is 6.74. The molecule has 0 fully saturated rings. The van der Waals surface area contributed by atoms with E-state index in [0.717, 1.165) is 42.4 Å². The number of hydrogen-bond acceptors (Lipinski definition) is 3. The van der Waals surface area contributed by atoms with Gasteiger partial charge in [-0.25, -0.2) is 4.39 Å².